The third-order valence-electron chi connectivity index (χ3n) is 1.07. The Hall–Kier alpha value is -1.09. The smallest absolute Gasteiger partial charge is 0.335 e. The molecule has 0 atom stereocenters. The van der Waals surface area contributed by atoms with E-state index in [0.717, 1.165) is 6.07 Å². The van der Waals surface area contributed by atoms with Crippen LogP contribution in [-0.2, 0) is 0 Å². The molecule has 4 heteroatoms. The first-order chi connectivity index (χ1) is 4.70. The molecule has 0 aliphatic rings. The van der Waals surface area contributed by atoms with Crippen LogP contribution in [0.5, 0.6) is 0 Å². The lowest BCUT2D eigenvalue weighted by Crippen LogP contribution is -1.95. The molecule has 0 aliphatic carbocycles. The summed E-state index contributed by atoms with van der Waals surface area (Å²) in [5.74, 6) is -1.64. The van der Waals surface area contributed by atoms with Crippen molar-refractivity contribution in [2.24, 2.45) is 0 Å². The van der Waals surface area contributed by atoms with Crippen LogP contribution in [-0.4, -0.2) is 11.1 Å². The van der Waals surface area contributed by atoms with Crippen molar-refractivity contribution < 1.29 is 14.3 Å². The van der Waals surface area contributed by atoms with E-state index in [0.29, 0.717) is 0 Å². The van der Waals surface area contributed by atoms with E-state index in [1.807, 2.05) is 0 Å². The van der Waals surface area contributed by atoms with E-state index in [1.165, 1.54) is 18.2 Å². The third kappa shape index (κ3) is 2.55. The van der Waals surface area contributed by atoms with Gasteiger partial charge in [0.05, 0.1) is 5.56 Å². The van der Waals surface area contributed by atoms with Crippen molar-refractivity contribution in [1.82, 2.24) is 0 Å². The number of hydrogen-bond acceptors (Lipinski definition) is 1. The van der Waals surface area contributed by atoms with Gasteiger partial charge in [-0.05, 0) is 18.2 Å². The number of aromatic carboxylic acids is 1. The Labute approximate surface area is 69.1 Å². The zero-order chi connectivity index (χ0) is 7.56. The molecule has 0 aromatic heterocycles. The Morgan fingerprint density at radius 3 is 2.45 bits per heavy atom. The molecular weight excluding hydrogens is 171 g/mol. The fourth-order valence-electron chi connectivity index (χ4n) is 0.622. The van der Waals surface area contributed by atoms with Crippen LogP contribution in [0.4, 0.5) is 4.39 Å². The molecule has 0 aliphatic heterocycles. The average Bonchev–Trinajstić information content (AvgIpc) is 1.88. The Morgan fingerprint density at radius 1 is 1.45 bits per heavy atom. The molecule has 1 aromatic carbocycles. The second kappa shape index (κ2) is 3.93. The predicted molar refractivity (Wildman–Crippen MR) is 40.6 cm³/mol. The van der Waals surface area contributed by atoms with Gasteiger partial charge in [-0.2, -0.15) is 0 Å². The number of hydrogen-bond donors (Lipinski definition) is 1. The third-order valence-corrected chi connectivity index (χ3v) is 1.07. The predicted octanol–water partition coefficient (Wildman–Crippen LogP) is 1.95. The Balaban J connectivity index is 0.000001000. The van der Waals surface area contributed by atoms with Gasteiger partial charge < -0.3 is 5.11 Å². The summed E-state index contributed by atoms with van der Waals surface area (Å²) >= 11 is 0. The summed E-state index contributed by atoms with van der Waals surface area (Å²) in [6.07, 6.45) is 0. The van der Waals surface area contributed by atoms with Crippen LogP contribution in [0.1, 0.15) is 10.4 Å². The molecular formula is C7H6ClFO2. The second-order valence-electron chi connectivity index (χ2n) is 1.82. The van der Waals surface area contributed by atoms with Gasteiger partial charge in [-0.3, -0.25) is 0 Å². The first-order valence-corrected chi connectivity index (χ1v) is 2.69. The molecule has 0 heterocycles. The van der Waals surface area contributed by atoms with Crippen molar-refractivity contribution in [3.63, 3.8) is 0 Å². The SMILES string of the molecule is Cl.O=C(O)c1cccc(F)c1. The van der Waals surface area contributed by atoms with Crippen molar-refractivity contribution in [3.05, 3.63) is 35.6 Å². The normalized spacial score (nSPS) is 8.45. The number of rotatable bonds is 1. The molecule has 0 bridgehead atoms. The van der Waals surface area contributed by atoms with Crippen molar-refractivity contribution in [2.75, 3.05) is 0 Å². The first-order valence-electron chi connectivity index (χ1n) is 2.69. The molecule has 0 unspecified atom stereocenters. The largest absolute Gasteiger partial charge is 0.478 e. The number of halogens is 2. The second-order valence-corrected chi connectivity index (χ2v) is 1.82. The quantitative estimate of drug-likeness (QED) is 0.710. The number of carboxylic acids is 1. The number of carbonyl (C=O) groups is 1. The van der Waals surface area contributed by atoms with Gasteiger partial charge in [-0.25, -0.2) is 9.18 Å². The van der Waals surface area contributed by atoms with E-state index in [-0.39, 0.29) is 18.0 Å². The molecule has 0 saturated carbocycles. The van der Waals surface area contributed by atoms with Crippen molar-refractivity contribution in [2.45, 2.75) is 0 Å². The molecule has 0 amide bonds. The molecule has 1 N–H and O–H groups in total. The maximum absolute atomic E-state index is 12.3. The Kier molecular flexibility index (Phi) is 3.54. The Morgan fingerprint density at radius 2 is 2.09 bits per heavy atom. The van der Waals surface area contributed by atoms with E-state index in [2.05, 4.69) is 0 Å². The van der Waals surface area contributed by atoms with Gasteiger partial charge >= 0.3 is 5.97 Å². The lowest BCUT2D eigenvalue weighted by atomic mass is 10.2. The molecule has 1 rings (SSSR count). The van der Waals surface area contributed by atoms with Crippen LogP contribution in [0.2, 0.25) is 0 Å². The zero-order valence-electron chi connectivity index (χ0n) is 5.45. The fraction of sp³-hybridized carbons (Fsp3) is 0. The van der Waals surface area contributed by atoms with Crippen molar-refractivity contribution in [3.8, 4) is 0 Å². The summed E-state index contributed by atoms with van der Waals surface area (Å²) in [5, 5.41) is 8.34. The maximum atomic E-state index is 12.3. The minimum Gasteiger partial charge on any atom is -0.478 e. The minimum absolute atomic E-state index is 0. The summed E-state index contributed by atoms with van der Waals surface area (Å²) in [6, 6.07) is 4.87. The lowest BCUT2D eigenvalue weighted by molar-refractivity contribution is 0.0696. The summed E-state index contributed by atoms with van der Waals surface area (Å²) < 4.78 is 12.3. The molecule has 0 saturated heterocycles. The zero-order valence-corrected chi connectivity index (χ0v) is 6.27. The summed E-state index contributed by atoms with van der Waals surface area (Å²) in [5.41, 5.74) is -0.0278. The monoisotopic (exact) mass is 176 g/mol. The lowest BCUT2D eigenvalue weighted by Gasteiger charge is -1.91. The molecule has 1 aromatic rings. The molecule has 2 nitrogen and oxygen atoms in total. The fourth-order valence-corrected chi connectivity index (χ4v) is 0.622. The molecule has 0 spiro atoms. The standard InChI is InChI=1S/C7H5FO2.ClH/c8-6-3-1-2-5(4-6)7(9)10;/h1-4H,(H,9,10);1H. The Bertz CT molecular complexity index is 262. The average molecular weight is 177 g/mol. The molecule has 11 heavy (non-hydrogen) atoms. The number of carboxylic acid groups (broad SMARTS) is 1. The minimum atomic E-state index is -1.11. The van der Waals surface area contributed by atoms with Gasteiger partial charge in [0.15, 0.2) is 0 Å². The summed E-state index contributed by atoms with van der Waals surface area (Å²) in [4.78, 5) is 10.2. The van der Waals surface area contributed by atoms with Crippen LogP contribution in [0, 0.1) is 5.82 Å². The van der Waals surface area contributed by atoms with Gasteiger partial charge in [-0.1, -0.05) is 6.07 Å². The van der Waals surface area contributed by atoms with Gasteiger partial charge in [0, 0.05) is 0 Å². The molecule has 60 valence electrons. The highest BCUT2D eigenvalue weighted by Crippen LogP contribution is 2.02. The summed E-state index contributed by atoms with van der Waals surface area (Å²) in [6.45, 7) is 0. The molecule has 0 fully saturated rings. The highest BCUT2D eigenvalue weighted by atomic mass is 35.5. The van der Waals surface area contributed by atoms with Crippen LogP contribution in [0.15, 0.2) is 24.3 Å². The van der Waals surface area contributed by atoms with E-state index >= 15 is 0 Å². The van der Waals surface area contributed by atoms with Gasteiger partial charge in [0.1, 0.15) is 5.82 Å². The highest BCUT2D eigenvalue weighted by Gasteiger charge is 2.01. The van der Waals surface area contributed by atoms with E-state index in [9.17, 15) is 9.18 Å². The van der Waals surface area contributed by atoms with Crippen molar-refractivity contribution in [1.29, 1.82) is 0 Å². The van der Waals surface area contributed by atoms with Crippen LogP contribution in [0.25, 0.3) is 0 Å². The van der Waals surface area contributed by atoms with Gasteiger partial charge in [0.2, 0.25) is 0 Å². The van der Waals surface area contributed by atoms with Crippen LogP contribution >= 0.6 is 12.4 Å². The van der Waals surface area contributed by atoms with Crippen LogP contribution in [0.3, 0.4) is 0 Å². The summed E-state index contributed by atoms with van der Waals surface area (Å²) in [7, 11) is 0. The van der Waals surface area contributed by atoms with Gasteiger partial charge in [0.25, 0.3) is 0 Å². The number of benzene rings is 1. The van der Waals surface area contributed by atoms with E-state index in [1.54, 1.807) is 0 Å². The first kappa shape index (κ1) is 9.91. The van der Waals surface area contributed by atoms with Gasteiger partial charge in [-0.15, -0.1) is 12.4 Å². The topological polar surface area (TPSA) is 37.3 Å². The highest BCUT2D eigenvalue weighted by molar-refractivity contribution is 5.87. The van der Waals surface area contributed by atoms with Crippen molar-refractivity contribution >= 4 is 18.4 Å². The van der Waals surface area contributed by atoms with E-state index in [4.69, 9.17) is 5.11 Å². The maximum Gasteiger partial charge on any atom is 0.335 e. The molecule has 0 radical (unpaired) electrons. The van der Waals surface area contributed by atoms with E-state index < -0.39 is 11.8 Å². The van der Waals surface area contributed by atoms with Crippen LogP contribution < -0.4 is 0 Å².